The highest BCUT2D eigenvalue weighted by molar-refractivity contribution is 6.73. The monoisotopic (exact) mass is 188 g/mol. The molecule has 2 atom stereocenters. The fourth-order valence-corrected chi connectivity index (χ4v) is 4.11. The standard InChI is InChI=1S/C10H24OSi/c1-7-9(3)10(4,8-2)12(5,6)11/h9,11H,7-8H2,1-6H3. The van der Waals surface area contributed by atoms with Crippen LogP contribution in [0.5, 0.6) is 0 Å². The lowest BCUT2D eigenvalue weighted by Gasteiger charge is -2.42. The molecular weight excluding hydrogens is 164 g/mol. The average molecular weight is 188 g/mol. The van der Waals surface area contributed by atoms with Gasteiger partial charge in [-0.3, -0.25) is 0 Å². The molecule has 0 heterocycles. The number of hydrogen-bond donors (Lipinski definition) is 1. The van der Waals surface area contributed by atoms with Crippen molar-refractivity contribution in [1.82, 2.24) is 0 Å². The van der Waals surface area contributed by atoms with E-state index in [0.29, 0.717) is 5.92 Å². The van der Waals surface area contributed by atoms with Crippen LogP contribution in [0.4, 0.5) is 0 Å². The van der Waals surface area contributed by atoms with Crippen molar-refractivity contribution in [1.29, 1.82) is 0 Å². The van der Waals surface area contributed by atoms with Crippen molar-refractivity contribution in [3.63, 3.8) is 0 Å². The fraction of sp³-hybridized carbons (Fsp3) is 1.00. The van der Waals surface area contributed by atoms with Gasteiger partial charge >= 0.3 is 0 Å². The third-order valence-corrected chi connectivity index (χ3v) is 7.47. The highest BCUT2D eigenvalue weighted by Gasteiger charge is 2.43. The van der Waals surface area contributed by atoms with Gasteiger partial charge in [0, 0.05) is 0 Å². The molecule has 0 bridgehead atoms. The van der Waals surface area contributed by atoms with Crippen molar-refractivity contribution in [2.75, 3.05) is 0 Å². The van der Waals surface area contributed by atoms with Crippen molar-refractivity contribution in [2.45, 2.75) is 58.7 Å². The summed E-state index contributed by atoms with van der Waals surface area (Å²) < 4.78 is 0. The molecule has 0 amide bonds. The molecule has 0 aliphatic rings. The van der Waals surface area contributed by atoms with E-state index in [2.05, 4.69) is 40.8 Å². The second-order valence-electron chi connectivity index (χ2n) is 4.64. The first-order chi connectivity index (χ1) is 5.29. The summed E-state index contributed by atoms with van der Waals surface area (Å²) in [7, 11) is -1.99. The minimum atomic E-state index is -1.99. The van der Waals surface area contributed by atoms with Gasteiger partial charge in [-0.15, -0.1) is 0 Å². The van der Waals surface area contributed by atoms with Crippen LogP contribution < -0.4 is 0 Å². The van der Waals surface area contributed by atoms with E-state index < -0.39 is 8.32 Å². The molecule has 0 aromatic carbocycles. The Labute approximate surface area is 78.3 Å². The molecular formula is C10H24OSi. The minimum absolute atomic E-state index is 0.182. The molecule has 74 valence electrons. The van der Waals surface area contributed by atoms with Gasteiger partial charge in [-0.2, -0.15) is 0 Å². The van der Waals surface area contributed by atoms with Gasteiger partial charge in [-0.05, 0) is 24.1 Å². The first kappa shape index (κ1) is 12.2. The van der Waals surface area contributed by atoms with Gasteiger partial charge in [0.1, 0.15) is 0 Å². The van der Waals surface area contributed by atoms with Crippen LogP contribution in [0.25, 0.3) is 0 Å². The normalized spacial score (nSPS) is 20.2. The molecule has 2 heteroatoms. The highest BCUT2D eigenvalue weighted by atomic mass is 28.4. The summed E-state index contributed by atoms with van der Waals surface area (Å²) in [6.45, 7) is 13.0. The van der Waals surface area contributed by atoms with Crippen molar-refractivity contribution in [3.8, 4) is 0 Å². The molecule has 0 saturated heterocycles. The van der Waals surface area contributed by atoms with Crippen LogP contribution in [0.15, 0.2) is 0 Å². The first-order valence-electron chi connectivity index (χ1n) is 5.02. The van der Waals surface area contributed by atoms with Crippen molar-refractivity contribution in [3.05, 3.63) is 0 Å². The van der Waals surface area contributed by atoms with Gasteiger partial charge < -0.3 is 4.80 Å². The molecule has 0 radical (unpaired) electrons. The zero-order chi connectivity index (χ0) is 9.99. The zero-order valence-electron chi connectivity index (χ0n) is 9.44. The lowest BCUT2D eigenvalue weighted by Crippen LogP contribution is -2.44. The first-order valence-corrected chi connectivity index (χ1v) is 7.96. The summed E-state index contributed by atoms with van der Waals surface area (Å²) in [6, 6.07) is 0. The summed E-state index contributed by atoms with van der Waals surface area (Å²) >= 11 is 0. The Morgan fingerprint density at radius 1 is 1.33 bits per heavy atom. The van der Waals surface area contributed by atoms with E-state index in [9.17, 15) is 4.80 Å². The topological polar surface area (TPSA) is 20.2 Å². The van der Waals surface area contributed by atoms with E-state index >= 15 is 0 Å². The molecule has 0 aromatic rings. The Bertz CT molecular complexity index is 139. The van der Waals surface area contributed by atoms with Crippen LogP contribution in [-0.4, -0.2) is 13.1 Å². The predicted octanol–water partition coefficient (Wildman–Crippen LogP) is 3.40. The predicted molar refractivity (Wildman–Crippen MR) is 57.8 cm³/mol. The van der Waals surface area contributed by atoms with E-state index in [4.69, 9.17) is 0 Å². The third-order valence-electron chi connectivity index (χ3n) is 3.83. The van der Waals surface area contributed by atoms with Gasteiger partial charge in [-0.25, -0.2) is 0 Å². The van der Waals surface area contributed by atoms with E-state index in [1.165, 1.54) is 6.42 Å². The minimum Gasteiger partial charge on any atom is -0.432 e. The van der Waals surface area contributed by atoms with E-state index in [1.54, 1.807) is 0 Å². The molecule has 12 heavy (non-hydrogen) atoms. The number of rotatable bonds is 4. The average Bonchev–Trinajstić information content (AvgIpc) is 1.99. The van der Waals surface area contributed by atoms with Crippen LogP contribution in [0.2, 0.25) is 18.1 Å². The maximum atomic E-state index is 10.2. The lowest BCUT2D eigenvalue weighted by molar-refractivity contribution is 0.327. The summed E-state index contributed by atoms with van der Waals surface area (Å²) in [6.07, 6.45) is 2.26. The second-order valence-corrected chi connectivity index (χ2v) is 8.90. The molecule has 0 fully saturated rings. The highest BCUT2D eigenvalue weighted by Crippen LogP contribution is 2.47. The summed E-state index contributed by atoms with van der Waals surface area (Å²) in [5, 5.41) is 0.182. The van der Waals surface area contributed by atoms with Crippen LogP contribution >= 0.6 is 0 Å². The van der Waals surface area contributed by atoms with Crippen molar-refractivity contribution in [2.24, 2.45) is 5.92 Å². The van der Waals surface area contributed by atoms with Gasteiger partial charge in [0.2, 0.25) is 0 Å². The SMILES string of the molecule is CCC(C)C(C)(CC)[Si](C)(C)O. The van der Waals surface area contributed by atoms with E-state index in [0.717, 1.165) is 6.42 Å². The Morgan fingerprint density at radius 2 is 1.75 bits per heavy atom. The Balaban J connectivity index is 4.67. The summed E-state index contributed by atoms with van der Waals surface area (Å²) in [5.74, 6) is 0.633. The molecule has 0 aromatic heterocycles. The van der Waals surface area contributed by atoms with Gasteiger partial charge in [0.25, 0.3) is 0 Å². The van der Waals surface area contributed by atoms with Gasteiger partial charge in [0.15, 0.2) is 8.32 Å². The van der Waals surface area contributed by atoms with Gasteiger partial charge in [0.05, 0.1) is 0 Å². The van der Waals surface area contributed by atoms with Crippen molar-refractivity contribution >= 4 is 8.32 Å². The van der Waals surface area contributed by atoms with Gasteiger partial charge in [-0.1, -0.05) is 40.5 Å². The van der Waals surface area contributed by atoms with Crippen LogP contribution in [0.3, 0.4) is 0 Å². The molecule has 0 rings (SSSR count). The molecule has 0 aliphatic carbocycles. The molecule has 1 nitrogen and oxygen atoms in total. The van der Waals surface area contributed by atoms with Crippen LogP contribution in [-0.2, 0) is 0 Å². The molecule has 0 aliphatic heterocycles. The van der Waals surface area contributed by atoms with Crippen LogP contribution in [0, 0.1) is 5.92 Å². The maximum Gasteiger partial charge on any atom is 0.188 e. The van der Waals surface area contributed by atoms with Crippen LogP contribution in [0.1, 0.15) is 40.5 Å². The smallest absolute Gasteiger partial charge is 0.188 e. The molecule has 0 spiro atoms. The summed E-state index contributed by atoms with van der Waals surface area (Å²) in [4.78, 5) is 10.2. The lowest BCUT2D eigenvalue weighted by atomic mass is 9.90. The summed E-state index contributed by atoms with van der Waals surface area (Å²) in [5.41, 5.74) is 0. The second kappa shape index (κ2) is 3.92. The third kappa shape index (κ3) is 2.11. The number of hydrogen-bond acceptors (Lipinski definition) is 1. The maximum absolute atomic E-state index is 10.2. The largest absolute Gasteiger partial charge is 0.432 e. The molecule has 2 unspecified atom stereocenters. The van der Waals surface area contributed by atoms with E-state index in [1.807, 2.05) is 0 Å². The quantitative estimate of drug-likeness (QED) is 0.670. The Hall–Kier alpha value is 0.177. The van der Waals surface area contributed by atoms with Crippen molar-refractivity contribution < 1.29 is 4.80 Å². The Morgan fingerprint density at radius 3 is 1.83 bits per heavy atom. The fourth-order valence-electron chi connectivity index (χ4n) is 1.83. The molecule has 0 saturated carbocycles. The Kier molecular flexibility index (Phi) is 3.98. The zero-order valence-corrected chi connectivity index (χ0v) is 10.4. The molecule has 1 N–H and O–H groups in total. The van der Waals surface area contributed by atoms with E-state index in [-0.39, 0.29) is 5.04 Å².